The molecular weight excluding hydrogens is 340 g/mol. The Bertz CT molecular complexity index is 896. The third kappa shape index (κ3) is 5.44. The monoisotopic (exact) mass is 360 g/mol. The van der Waals surface area contributed by atoms with Crippen molar-refractivity contribution >= 4 is 12.0 Å². The maximum atomic E-state index is 11.9. The van der Waals surface area contributed by atoms with Crippen molar-refractivity contribution in [3.63, 3.8) is 0 Å². The summed E-state index contributed by atoms with van der Waals surface area (Å²) in [5.74, 6) is 0.367. The van der Waals surface area contributed by atoms with Crippen LogP contribution in [0.1, 0.15) is 11.1 Å². The van der Waals surface area contributed by atoms with Crippen LogP contribution in [0.2, 0.25) is 0 Å². The van der Waals surface area contributed by atoms with E-state index in [4.69, 9.17) is 9.47 Å². The number of benzene rings is 2. The number of carbonyl (C=O) groups is 1. The summed E-state index contributed by atoms with van der Waals surface area (Å²) in [6.07, 6.45) is 8.41. The first-order valence-corrected chi connectivity index (χ1v) is 8.52. The summed E-state index contributed by atoms with van der Waals surface area (Å²) in [5, 5.41) is 4.17. The molecule has 1 aromatic heterocycles. The van der Waals surface area contributed by atoms with Crippen LogP contribution in [0.4, 0.5) is 0 Å². The molecule has 3 rings (SSSR count). The lowest BCUT2D eigenvalue weighted by molar-refractivity contribution is -0.138. The minimum absolute atomic E-state index is 0.219. The van der Waals surface area contributed by atoms with E-state index in [1.54, 1.807) is 23.0 Å². The maximum Gasteiger partial charge on any atom is 0.331 e. The Balaban J connectivity index is 1.49. The molecular formula is C22H20N2O3. The van der Waals surface area contributed by atoms with Crippen molar-refractivity contribution in [1.29, 1.82) is 0 Å². The largest absolute Gasteiger partial charge is 0.490 e. The molecule has 0 unspecified atom stereocenters. The van der Waals surface area contributed by atoms with Gasteiger partial charge in [-0.2, -0.15) is 5.10 Å². The normalized spacial score (nSPS) is 10.7. The van der Waals surface area contributed by atoms with Crippen molar-refractivity contribution in [2.45, 2.75) is 6.61 Å². The summed E-state index contributed by atoms with van der Waals surface area (Å²) in [7, 11) is 0. The molecule has 0 spiro atoms. The molecule has 27 heavy (non-hydrogen) atoms. The second-order valence-corrected chi connectivity index (χ2v) is 5.73. The van der Waals surface area contributed by atoms with Gasteiger partial charge in [-0.1, -0.05) is 36.9 Å². The zero-order valence-corrected chi connectivity index (χ0v) is 14.8. The van der Waals surface area contributed by atoms with E-state index in [1.165, 1.54) is 6.08 Å². The van der Waals surface area contributed by atoms with Gasteiger partial charge in [-0.15, -0.1) is 0 Å². The number of esters is 1. The van der Waals surface area contributed by atoms with E-state index in [1.807, 2.05) is 60.8 Å². The van der Waals surface area contributed by atoms with Crippen LogP contribution >= 0.6 is 0 Å². The Morgan fingerprint density at radius 2 is 1.89 bits per heavy atom. The van der Waals surface area contributed by atoms with E-state index in [-0.39, 0.29) is 6.61 Å². The summed E-state index contributed by atoms with van der Waals surface area (Å²) in [4.78, 5) is 11.9. The van der Waals surface area contributed by atoms with Gasteiger partial charge in [-0.25, -0.2) is 9.48 Å². The summed E-state index contributed by atoms with van der Waals surface area (Å²) < 4.78 is 12.5. The number of hydrogen-bond acceptors (Lipinski definition) is 4. The van der Waals surface area contributed by atoms with Gasteiger partial charge in [0.05, 0.1) is 5.69 Å². The van der Waals surface area contributed by atoms with Crippen molar-refractivity contribution in [3.8, 4) is 11.4 Å². The molecule has 0 amide bonds. The van der Waals surface area contributed by atoms with E-state index < -0.39 is 5.97 Å². The Labute approximate surface area is 158 Å². The fraction of sp³-hybridized carbons (Fsp3) is 0.0909. The molecule has 0 saturated carbocycles. The van der Waals surface area contributed by atoms with Crippen LogP contribution in [0, 0.1) is 0 Å². The van der Waals surface area contributed by atoms with Crippen molar-refractivity contribution < 1.29 is 14.3 Å². The Morgan fingerprint density at radius 1 is 1.11 bits per heavy atom. The minimum atomic E-state index is -0.391. The number of nitrogens with zero attached hydrogens (tertiary/aromatic N) is 2. The Morgan fingerprint density at radius 3 is 2.56 bits per heavy atom. The van der Waals surface area contributed by atoms with E-state index in [2.05, 4.69) is 11.7 Å². The van der Waals surface area contributed by atoms with Crippen molar-refractivity contribution in [2.75, 3.05) is 6.61 Å². The molecule has 5 nitrogen and oxygen atoms in total. The van der Waals surface area contributed by atoms with E-state index in [0.29, 0.717) is 6.61 Å². The average Bonchev–Trinajstić information content (AvgIpc) is 3.25. The Hall–Kier alpha value is -3.60. The first-order valence-electron chi connectivity index (χ1n) is 8.52. The third-order valence-electron chi connectivity index (χ3n) is 3.75. The highest BCUT2D eigenvalue weighted by Crippen LogP contribution is 2.13. The number of aromatic nitrogens is 2. The van der Waals surface area contributed by atoms with Gasteiger partial charge in [-0.05, 0) is 47.5 Å². The molecule has 3 aromatic rings. The van der Waals surface area contributed by atoms with Crippen LogP contribution in [0.3, 0.4) is 0 Å². The Kier molecular flexibility index (Phi) is 6.20. The van der Waals surface area contributed by atoms with Crippen molar-refractivity contribution in [2.24, 2.45) is 0 Å². The third-order valence-corrected chi connectivity index (χ3v) is 3.75. The molecule has 2 aromatic carbocycles. The zero-order chi connectivity index (χ0) is 18.9. The lowest BCUT2D eigenvalue weighted by Crippen LogP contribution is -2.01. The molecule has 0 radical (unpaired) electrons. The second-order valence-electron chi connectivity index (χ2n) is 5.73. The molecule has 0 aliphatic heterocycles. The fourth-order valence-corrected chi connectivity index (χ4v) is 2.36. The van der Waals surface area contributed by atoms with Gasteiger partial charge in [0.25, 0.3) is 0 Å². The van der Waals surface area contributed by atoms with Gasteiger partial charge in [0.15, 0.2) is 0 Å². The minimum Gasteiger partial charge on any atom is -0.490 e. The van der Waals surface area contributed by atoms with Crippen LogP contribution in [0.15, 0.2) is 85.7 Å². The van der Waals surface area contributed by atoms with E-state index in [9.17, 15) is 4.79 Å². The van der Waals surface area contributed by atoms with Gasteiger partial charge in [0.1, 0.15) is 19.0 Å². The molecule has 0 N–H and O–H groups in total. The molecule has 136 valence electrons. The van der Waals surface area contributed by atoms with E-state index >= 15 is 0 Å². The summed E-state index contributed by atoms with van der Waals surface area (Å²) in [5.41, 5.74) is 2.76. The topological polar surface area (TPSA) is 53.4 Å². The fourth-order valence-electron chi connectivity index (χ4n) is 2.36. The maximum absolute atomic E-state index is 11.9. The summed E-state index contributed by atoms with van der Waals surface area (Å²) in [6.45, 7) is 4.29. The lowest BCUT2D eigenvalue weighted by Gasteiger charge is -2.05. The quantitative estimate of drug-likeness (QED) is 0.343. The predicted octanol–water partition coefficient (Wildman–Crippen LogP) is 4.19. The second kappa shape index (κ2) is 9.20. The zero-order valence-electron chi connectivity index (χ0n) is 14.8. The first-order chi connectivity index (χ1) is 13.2. The van der Waals surface area contributed by atoms with Crippen LogP contribution in [0.5, 0.6) is 5.75 Å². The van der Waals surface area contributed by atoms with Crippen LogP contribution < -0.4 is 4.74 Å². The molecule has 1 heterocycles. The highest BCUT2D eigenvalue weighted by atomic mass is 16.5. The number of ether oxygens (including phenoxy) is 2. The standard InChI is InChI=1S/C22H20N2O3/c1-2-16-26-21-11-6-18(7-12-21)8-13-22(25)27-17-19-4-9-20(10-5-19)24-15-3-14-23-24/h2-15H,1,16-17H2/b13-8+. The average molecular weight is 360 g/mol. The van der Waals surface area contributed by atoms with Crippen LogP contribution in [0.25, 0.3) is 11.8 Å². The molecule has 0 aliphatic carbocycles. The van der Waals surface area contributed by atoms with E-state index in [0.717, 1.165) is 22.6 Å². The summed E-state index contributed by atoms with van der Waals surface area (Å²) >= 11 is 0. The smallest absolute Gasteiger partial charge is 0.331 e. The number of rotatable bonds is 8. The van der Waals surface area contributed by atoms with Gasteiger partial charge >= 0.3 is 5.97 Å². The van der Waals surface area contributed by atoms with Gasteiger partial charge in [0, 0.05) is 18.5 Å². The van der Waals surface area contributed by atoms with Gasteiger partial charge in [-0.3, -0.25) is 0 Å². The predicted molar refractivity (Wildman–Crippen MR) is 105 cm³/mol. The number of hydrogen-bond donors (Lipinski definition) is 0. The van der Waals surface area contributed by atoms with Gasteiger partial charge in [0.2, 0.25) is 0 Å². The number of carbonyl (C=O) groups excluding carboxylic acids is 1. The molecule has 0 bridgehead atoms. The lowest BCUT2D eigenvalue weighted by atomic mass is 10.2. The van der Waals surface area contributed by atoms with Gasteiger partial charge < -0.3 is 9.47 Å². The molecule has 0 atom stereocenters. The SMILES string of the molecule is C=CCOc1ccc(/C=C/C(=O)OCc2ccc(-n3cccn3)cc2)cc1. The molecule has 0 saturated heterocycles. The molecule has 5 heteroatoms. The molecule has 0 fully saturated rings. The van der Waals surface area contributed by atoms with Crippen LogP contribution in [-0.4, -0.2) is 22.4 Å². The van der Waals surface area contributed by atoms with Crippen molar-refractivity contribution in [1.82, 2.24) is 9.78 Å². The highest BCUT2D eigenvalue weighted by Gasteiger charge is 2.01. The van der Waals surface area contributed by atoms with Crippen molar-refractivity contribution in [3.05, 3.63) is 96.8 Å². The molecule has 0 aliphatic rings. The first kappa shape index (κ1) is 18.2. The highest BCUT2D eigenvalue weighted by molar-refractivity contribution is 5.87. The summed E-state index contributed by atoms with van der Waals surface area (Å²) in [6, 6.07) is 17.0. The van der Waals surface area contributed by atoms with Crippen LogP contribution in [-0.2, 0) is 16.1 Å².